The fourth-order valence-corrected chi connectivity index (χ4v) is 3.62. The maximum atomic E-state index is 12.4. The number of rotatable bonds is 4. The number of aromatic nitrogens is 3. The molecule has 0 saturated heterocycles. The van der Waals surface area contributed by atoms with Gasteiger partial charge in [-0.15, -0.1) is 0 Å². The van der Waals surface area contributed by atoms with Gasteiger partial charge in [0, 0.05) is 49.1 Å². The third-order valence-corrected chi connectivity index (χ3v) is 5.00. The molecule has 1 aliphatic rings. The third kappa shape index (κ3) is 3.18. The zero-order chi connectivity index (χ0) is 18.8. The van der Waals surface area contributed by atoms with Crippen LogP contribution in [-0.2, 0) is 13.0 Å². The van der Waals surface area contributed by atoms with Gasteiger partial charge in [0.15, 0.2) is 0 Å². The molecular weight excluding hydrogens is 338 g/mol. The van der Waals surface area contributed by atoms with Crippen LogP contribution < -0.4 is 10.2 Å². The maximum absolute atomic E-state index is 12.4. The van der Waals surface area contributed by atoms with Gasteiger partial charge >= 0.3 is 0 Å². The topological polar surface area (TPSA) is 73.9 Å². The number of hydrogen-bond acceptors (Lipinski definition) is 4. The number of pyridine rings is 1. The maximum Gasteiger partial charge on any atom is 0.255 e. The first-order valence-electron chi connectivity index (χ1n) is 9.29. The van der Waals surface area contributed by atoms with E-state index in [1.165, 1.54) is 16.8 Å². The monoisotopic (exact) mass is 361 g/mol. The number of anilines is 1. The van der Waals surface area contributed by atoms with Crippen LogP contribution in [0.3, 0.4) is 0 Å². The summed E-state index contributed by atoms with van der Waals surface area (Å²) in [5, 5.41) is 10.7. The summed E-state index contributed by atoms with van der Waals surface area (Å²) in [6, 6.07) is 11.9. The largest absolute Gasteiger partial charge is 0.352 e. The first-order chi connectivity index (χ1) is 13.2. The number of aryl methyl sites for hydroxylation is 1. The number of nitrogens with zero attached hydrogens (tertiary/aromatic N) is 3. The molecule has 0 saturated carbocycles. The molecule has 6 nitrogen and oxygen atoms in total. The van der Waals surface area contributed by atoms with Crippen molar-refractivity contribution in [1.82, 2.24) is 20.5 Å². The minimum absolute atomic E-state index is 0.0854. The van der Waals surface area contributed by atoms with Crippen LogP contribution >= 0.6 is 0 Å². The molecule has 4 rings (SSSR count). The lowest BCUT2D eigenvalue weighted by molar-refractivity contribution is 0.0956. The molecule has 3 heterocycles. The normalized spacial score (nSPS) is 13.3. The Kier molecular flexibility index (Phi) is 4.62. The Labute approximate surface area is 158 Å². The summed E-state index contributed by atoms with van der Waals surface area (Å²) in [7, 11) is 0. The number of benzene rings is 1. The standard InChI is InChI=1S/C21H23N5O/c1-3-22-21(27)16-9-6-11-23-20(16)26-12-10-18-17(13-26)19(25-24-18)15-8-5-4-7-14(15)2/h4-9,11H,3,10,12-13H2,1-2H3,(H,22,27)(H,24,25). The van der Waals surface area contributed by atoms with Gasteiger partial charge in [-0.3, -0.25) is 9.89 Å². The molecule has 0 atom stereocenters. The van der Waals surface area contributed by atoms with E-state index in [4.69, 9.17) is 0 Å². The second-order valence-electron chi connectivity index (χ2n) is 6.75. The quantitative estimate of drug-likeness (QED) is 0.749. The van der Waals surface area contributed by atoms with Crippen LogP contribution in [0.15, 0.2) is 42.6 Å². The zero-order valence-electron chi connectivity index (χ0n) is 15.6. The van der Waals surface area contributed by atoms with Crippen molar-refractivity contribution in [2.45, 2.75) is 26.8 Å². The molecule has 3 aromatic rings. The predicted octanol–water partition coefficient (Wildman–Crippen LogP) is 3.09. The summed E-state index contributed by atoms with van der Waals surface area (Å²) in [6.07, 6.45) is 2.59. The summed E-state index contributed by atoms with van der Waals surface area (Å²) in [5.41, 5.74) is 6.29. The van der Waals surface area contributed by atoms with Gasteiger partial charge in [0.05, 0.1) is 11.3 Å². The SMILES string of the molecule is CCNC(=O)c1cccnc1N1CCc2[nH]nc(-c3ccccc3C)c2C1. The van der Waals surface area contributed by atoms with Crippen LogP contribution in [0.4, 0.5) is 5.82 Å². The van der Waals surface area contributed by atoms with Gasteiger partial charge in [-0.1, -0.05) is 24.3 Å². The van der Waals surface area contributed by atoms with Crippen LogP contribution in [0.25, 0.3) is 11.3 Å². The number of fused-ring (bicyclic) bond motifs is 1. The van der Waals surface area contributed by atoms with E-state index in [1.807, 2.05) is 25.1 Å². The lowest BCUT2D eigenvalue weighted by atomic mass is 9.98. The van der Waals surface area contributed by atoms with Gasteiger partial charge in [0.1, 0.15) is 5.82 Å². The lowest BCUT2D eigenvalue weighted by Crippen LogP contribution is -2.34. The smallest absolute Gasteiger partial charge is 0.255 e. The van der Waals surface area contributed by atoms with Crippen molar-refractivity contribution >= 4 is 11.7 Å². The molecule has 1 aromatic carbocycles. The number of carbonyl (C=O) groups excluding carboxylic acids is 1. The Hall–Kier alpha value is -3.15. The summed E-state index contributed by atoms with van der Waals surface area (Å²) in [6.45, 7) is 6.09. The Morgan fingerprint density at radius 2 is 2.11 bits per heavy atom. The summed E-state index contributed by atoms with van der Waals surface area (Å²) in [4.78, 5) is 19.1. The minimum atomic E-state index is -0.0854. The molecule has 2 aromatic heterocycles. The second-order valence-corrected chi connectivity index (χ2v) is 6.75. The van der Waals surface area contributed by atoms with E-state index in [0.717, 1.165) is 30.0 Å². The van der Waals surface area contributed by atoms with Gasteiger partial charge in [0.25, 0.3) is 5.91 Å². The fraction of sp³-hybridized carbons (Fsp3) is 0.286. The first-order valence-corrected chi connectivity index (χ1v) is 9.29. The van der Waals surface area contributed by atoms with Crippen molar-refractivity contribution in [2.75, 3.05) is 18.0 Å². The van der Waals surface area contributed by atoms with Crippen LogP contribution in [0.5, 0.6) is 0 Å². The molecule has 6 heteroatoms. The van der Waals surface area contributed by atoms with E-state index in [2.05, 4.69) is 44.5 Å². The highest BCUT2D eigenvalue weighted by Gasteiger charge is 2.26. The van der Waals surface area contributed by atoms with E-state index in [9.17, 15) is 4.79 Å². The third-order valence-electron chi connectivity index (χ3n) is 5.00. The highest BCUT2D eigenvalue weighted by Crippen LogP contribution is 2.32. The van der Waals surface area contributed by atoms with Crippen molar-refractivity contribution in [3.05, 3.63) is 65.0 Å². The molecule has 0 fully saturated rings. The Morgan fingerprint density at radius 1 is 1.26 bits per heavy atom. The molecule has 0 bridgehead atoms. The van der Waals surface area contributed by atoms with Gasteiger partial charge in [-0.25, -0.2) is 4.98 Å². The van der Waals surface area contributed by atoms with Crippen LogP contribution in [-0.4, -0.2) is 34.2 Å². The fourth-order valence-electron chi connectivity index (χ4n) is 3.62. The molecule has 1 amide bonds. The Morgan fingerprint density at radius 3 is 2.93 bits per heavy atom. The molecule has 0 unspecified atom stereocenters. The van der Waals surface area contributed by atoms with E-state index in [-0.39, 0.29) is 5.91 Å². The number of H-pyrrole nitrogens is 1. The lowest BCUT2D eigenvalue weighted by Gasteiger charge is -2.29. The number of hydrogen-bond donors (Lipinski definition) is 2. The minimum Gasteiger partial charge on any atom is -0.352 e. The highest BCUT2D eigenvalue weighted by molar-refractivity contribution is 5.98. The van der Waals surface area contributed by atoms with Crippen molar-refractivity contribution < 1.29 is 4.79 Å². The van der Waals surface area contributed by atoms with E-state index in [1.54, 1.807) is 12.3 Å². The van der Waals surface area contributed by atoms with Gasteiger partial charge < -0.3 is 10.2 Å². The van der Waals surface area contributed by atoms with Gasteiger partial charge in [-0.05, 0) is 31.5 Å². The van der Waals surface area contributed by atoms with Crippen molar-refractivity contribution in [2.24, 2.45) is 0 Å². The number of nitrogens with one attached hydrogen (secondary N) is 2. The first kappa shape index (κ1) is 17.3. The zero-order valence-corrected chi connectivity index (χ0v) is 15.6. The predicted molar refractivity (Wildman–Crippen MR) is 106 cm³/mol. The van der Waals surface area contributed by atoms with Crippen molar-refractivity contribution in [3.63, 3.8) is 0 Å². The molecule has 2 N–H and O–H groups in total. The molecule has 138 valence electrons. The number of amides is 1. The molecule has 1 aliphatic heterocycles. The summed E-state index contributed by atoms with van der Waals surface area (Å²) >= 11 is 0. The average Bonchev–Trinajstić information content (AvgIpc) is 3.11. The summed E-state index contributed by atoms with van der Waals surface area (Å²) < 4.78 is 0. The number of carbonyl (C=O) groups is 1. The van der Waals surface area contributed by atoms with Gasteiger partial charge in [-0.2, -0.15) is 5.10 Å². The molecule has 0 radical (unpaired) electrons. The van der Waals surface area contributed by atoms with Crippen LogP contribution in [0.1, 0.15) is 34.1 Å². The van der Waals surface area contributed by atoms with E-state index < -0.39 is 0 Å². The molecule has 0 spiro atoms. The Bertz CT molecular complexity index is 978. The number of aromatic amines is 1. The van der Waals surface area contributed by atoms with Crippen molar-refractivity contribution in [1.29, 1.82) is 0 Å². The molecule has 0 aliphatic carbocycles. The van der Waals surface area contributed by atoms with Crippen LogP contribution in [0, 0.1) is 6.92 Å². The average molecular weight is 361 g/mol. The van der Waals surface area contributed by atoms with Crippen LogP contribution in [0.2, 0.25) is 0 Å². The molecule has 27 heavy (non-hydrogen) atoms. The second kappa shape index (κ2) is 7.23. The van der Waals surface area contributed by atoms with E-state index in [0.29, 0.717) is 18.7 Å². The molecular formula is C21H23N5O. The summed E-state index contributed by atoms with van der Waals surface area (Å²) in [5.74, 6) is 0.642. The van der Waals surface area contributed by atoms with Gasteiger partial charge in [0.2, 0.25) is 0 Å². The highest BCUT2D eigenvalue weighted by atomic mass is 16.1. The van der Waals surface area contributed by atoms with Crippen molar-refractivity contribution in [3.8, 4) is 11.3 Å². The van der Waals surface area contributed by atoms with E-state index >= 15 is 0 Å². The Balaban J connectivity index is 1.70.